The van der Waals surface area contributed by atoms with Gasteiger partial charge in [0.05, 0.1) is 0 Å². The number of aryl methyl sites for hydroxylation is 1. The van der Waals surface area contributed by atoms with Crippen molar-refractivity contribution in [1.82, 2.24) is 0 Å². The average Bonchev–Trinajstić information content (AvgIpc) is 2.43. The zero-order valence-electron chi connectivity index (χ0n) is 10.7. The van der Waals surface area contributed by atoms with E-state index in [-0.39, 0.29) is 7.30 Å². The van der Waals surface area contributed by atoms with E-state index in [0.717, 1.165) is 7.96 Å². The molecule has 0 aromatic heterocycles. The Labute approximate surface area is 117 Å². The van der Waals surface area contributed by atoms with Crippen LogP contribution >= 0.6 is 33.1 Å². The molecule has 2 aromatic rings. The van der Waals surface area contributed by atoms with Gasteiger partial charge in [0.25, 0.3) is 0 Å². The van der Waals surface area contributed by atoms with Gasteiger partial charge in [0.1, 0.15) is 0 Å². The van der Waals surface area contributed by atoms with Crippen LogP contribution in [0.15, 0.2) is 36.4 Å². The van der Waals surface area contributed by atoms with E-state index in [9.17, 15) is 0 Å². The maximum Gasteiger partial charge on any atom is -0.00480 e. The van der Waals surface area contributed by atoms with Gasteiger partial charge in [-0.1, -0.05) is 57.7 Å². The van der Waals surface area contributed by atoms with Crippen molar-refractivity contribution in [3.05, 3.63) is 42.0 Å². The molecule has 2 rings (SSSR count). The fourth-order valence-electron chi connectivity index (χ4n) is 2.22. The second-order valence-corrected chi connectivity index (χ2v) is 13.5. The van der Waals surface area contributed by atoms with Gasteiger partial charge < -0.3 is 0 Å². The van der Waals surface area contributed by atoms with Crippen molar-refractivity contribution >= 4 is 49.2 Å². The van der Waals surface area contributed by atoms with Crippen LogP contribution in [0.4, 0.5) is 0 Å². The molecule has 4 heteroatoms. The molecule has 0 fully saturated rings. The van der Waals surface area contributed by atoms with Crippen molar-refractivity contribution in [1.29, 1.82) is 0 Å². The van der Waals surface area contributed by atoms with Crippen LogP contribution in [-0.4, -0.2) is 0 Å². The highest BCUT2D eigenvalue weighted by molar-refractivity contribution is 8.63. The van der Waals surface area contributed by atoms with Gasteiger partial charge in [0, 0.05) is 0 Å². The molecule has 0 aliphatic heterocycles. The highest BCUT2D eigenvalue weighted by atomic mass is 32.6. The minimum absolute atomic E-state index is 0.103. The zero-order chi connectivity index (χ0) is 13.0. The molecular weight excluding hydrogens is 292 g/mol. The lowest BCUT2D eigenvalue weighted by Gasteiger charge is -2.18. The monoisotopic (exact) mass is 312 g/mol. The summed E-state index contributed by atoms with van der Waals surface area (Å²) in [7, 11) is 6.82. The standard InChI is InChI=1S/C14H20P4/c1-2-3-6-12-10-9-11-7-4-5-8-13(11)14(12)18(16)17-15/h4-5,7-10,17H,2-3,6,15-16H2,1H3. The van der Waals surface area contributed by atoms with Gasteiger partial charge in [-0.25, -0.2) is 0 Å². The molecule has 0 saturated carbocycles. The number of hydrogen-bond donors (Lipinski definition) is 0. The minimum Gasteiger partial charge on any atom is -0.109 e. The van der Waals surface area contributed by atoms with Crippen molar-refractivity contribution in [2.24, 2.45) is 0 Å². The molecule has 0 nitrogen and oxygen atoms in total. The average molecular weight is 312 g/mol. The van der Waals surface area contributed by atoms with Crippen LogP contribution in [0, 0.1) is 0 Å². The van der Waals surface area contributed by atoms with Gasteiger partial charge in [0.15, 0.2) is 0 Å². The molecule has 0 bridgehead atoms. The third-order valence-corrected chi connectivity index (χ3v) is 13.3. The van der Waals surface area contributed by atoms with E-state index in [1.165, 1.54) is 30.0 Å². The Morgan fingerprint density at radius 3 is 2.67 bits per heavy atom. The molecule has 0 radical (unpaired) electrons. The third-order valence-electron chi connectivity index (χ3n) is 3.16. The van der Waals surface area contributed by atoms with Crippen LogP contribution < -0.4 is 5.30 Å². The molecule has 0 spiro atoms. The van der Waals surface area contributed by atoms with Gasteiger partial charge in [-0.2, -0.15) is 0 Å². The molecule has 4 atom stereocenters. The van der Waals surface area contributed by atoms with Crippen LogP contribution in [0.2, 0.25) is 0 Å². The predicted molar refractivity (Wildman–Crippen MR) is 96.8 cm³/mol. The van der Waals surface area contributed by atoms with E-state index in [4.69, 9.17) is 0 Å². The SMILES string of the molecule is CCCCc1ccc2ccccc2c1P(P)PP. The largest absolute Gasteiger partial charge is 0.109 e. The van der Waals surface area contributed by atoms with Crippen molar-refractivity contribution in [2.45, 2.75) is 26.2 Å². The van der Waals surface area contributed by atoms with Crippen LogP contribution in [0.5, 0.6) is 0 Å². The summed E-state index contributed by atoms with van der Waals surface area (Å²) < 4.78 is 0. The lowest BCUT2D eigenvalue weighted by molar-refractivity contribution is 0.798. The summed E-state index contributed by atoms with van der Waals surface area (Å²) in [5.41, 5.74) is 1.56. The maximum atomic E-state index is 3.08. The first-order valence-corrected chi connectivity index (χ1v) is 12.9. The summed E-state index contributed by atoms with van der Waals surface area (Å²) in [6.45, 7) is 2.27. The number of rotatable bonds is 5. The van der Waals surface area contributed by atoms with E-state index in [0.29, 0.717) is 0 Å². The summed E-state index contributed by atoms with van der Waals surface area (Å²) in [6.07, 6.45) is 3.78. The van der Waals surface area contributed by atoms with Crippen molar-refractivity contribution < 1.29 is 0 Å². The van der Waals surface area contributed by atoms with Crippen LogP contribution in [0.25, 0.3) is 10.8 Å². The van der Waals surface area contributed by atoms with Gasteiger partial charge in [-0.05, 0) is 41.8 Å². The Hall–Kier alpha value is 0.420. The first kappa shape index (κ1) is 14.8. The summed E-state index contributed by atoms with van der Waals surface area (Å²) >= 11 is 0. The zero-order valence-corrected chi connectivity index (χ0v) is 14.9. The fourth-order valence-corrected chi connectivity index (χ4v) is 6.56. The van der Waals surface area contributed by atoms with Crippen LogP contribution in [0.1, 0.15) is 25.3 Å². The van der Waals surface area contributed by atoms with E-state index in [2.05, 4.69) is 61.2 Å². The van der Waals surface area contributed by atoms with Crippen molar-refractivity contribution in [3.8, 4) is 0 Å². The summed E-state index contributed by atoms with van der Waals surface area (Å²) in [6, 6.07) is 13.4. The van der Waals surface area contributed by atoms with E-state index in [1.54, 1.807) is 10.9 Å². The molecule has 0 aliphatic rings. The number of hydrogen-bond acceptors (Lipinski definition) is 0. The molecule has 0 saturated heterocycles. The molecule has 0 N–H and O–H groups in total. The predicted octanol–water partition coefficient (Wildman–Crippen LogP) is 5.46. The summed E-state index contributed by atoms with van der Waals surface area (Å²) in [4.78, 5) is 0. The molecule has 4 unspecified atom stereocenters. The van der Waals surface area contributed by atoms with E-state index >= 15 is 0 Å². The normalized spacial score (nSPS) is 13.5. The number of benzene rings is 2. The Balaban J connectivity index is 2.55. The lowest BCUT2D eigenvalue weighted by Crippen LogP contribution is -2.06. The number of unbranched alkanes of at least 4 members (excludes halogenated alkanes) is 1. The maximum absolute atomic E-state index is 3.08. The highest BCUT2D eigenvalue weighted by Crippen LogP contribution is 2.66. The highest BCUT2D eigenvalue weighted by Gasteiger charge is 2.12. The van der Waals surface area contributed by atoms with E-state index in [1.807, 2.05) is 0 Å². The fraction of sp³-hybridized carbons (Fsp3) is 0.286. The van der Waals surface area contributed by atoms with Gasteiger partial charge in [-0.3, -0.25) is 0 Å². The third kappa shape index (κ3) is 3.30. The molecule has 0 aliphatic carbocycles. The quantitative estimate of drug-likeness (QED) is 0.643. The second-order valence-electron chi connectivity index (χ2n) is 4.40. The Bertz CT molecular complexity index is 524. The Morgan fingerprint density at radius 2 is 1.94 bits per heavy atom. The lowest BCUT2D eigenvalue weighted by atomic mass is 10.0. The molecule has 2 aromatic carbocycles. The van der Waals surface area contributed by atoms with Crippen LogP contribution in [0.3, 0.4) is 0 Å². The van der Waals surface area contributed by atoms with Crippen molar-refractivity contribution in [2.75, 3.05) is 0 Å². The summed E-state index contributed by atoms with van der Waals surface area (Å²) in [5.74, 6) is 0. The Morgan fingerprint density at radius 1 is 1.17 bits per heavy atom. The van der Waals surface area contributed by atoms with E-state index < -0.39 is 0 Å². The van der Waals surface area contributed by atoms with Crippen LogP contribution in [-0.2, 0) is 6.42 Å². The smallest absolute Gasteiger partial charge is 0.00480 e. The summed E-state index contributed by atoms with van der Waals surface area (Å²) in [5, 5.41) is 4.45. The van der Waals surface area contributed by atoms with Gasteiger partial charge in [0.2, 0.25) is 0 Å². The second kappa shape index (κ2) is 7.27. The molecule has 0 heterocycles. The van der Waals surface area contributed by atoms with Gasteiger partial charge in [-0.15, -0.1) is 17.9 Å². The minimum atomic E-state index is -0.103. The topological polar surface area (TPSA) is 0 Å². The first-order valence-electron chi connectivity index (χ1n) is 6.29. The molecular formula is C14H20P4. The first-order chi connectivity index (χ1) is 8.77. The molecule has 96 valence electrons. The van der Waals surface area contributed by atoms with Crippen molar-refractivity contribution in [3.63, 3.8) is 0 Å². The molecule has 18 heavy (non-hydrogen) atoms. The number of fused-ring (bicyclic) bond motifs is 1. The Kier molecular flexibility index (Phi) is 5.98. The van der Waals surface area contributed by atoms with Gasteiger partial charge >= 0.3 is 0 Å². The molecule has 0 amide bonds.